The lowest BCUT2D eigenvalue weighted by molar-refractivity contribution is 0.414. The summed E-state index contributed by atoms with van der Waals surface area (Å²) in [6.07, 6.45) is 0.593. The fraction of sp³-hybridized carbons (Fsp3) is 0.500. The van der Waals surface area contributed by atoms with E-state index in [1.54, 1.807) is 19.1 Å². The van der Waals surface area contributed by atoms with Gasteiger partial charge in [-0.3, -0.25) is 0 Å². The van der Waals surface area contributed by atoms with E-state index in [0.717, 1.165) is 0 Å². The fourth-order valence-corrected chi connectivity index (χ4v) is 2.95. The van der Waals surface area contributed by atoms with Crippen LogP contribution in [0.4, 0.5) is 0 Å². The largest absolute Gasteiger partial charge is 0.497 e. The minimum Gasteiger partial charge on any atom is -0.497 e. The molecule has 18 heavy (non-hydrogen) atoms. The topological polar surface area (TPSA) is 81.4 Å². The minimum absolute atomic E-state index is 0.0430. The lowest BCUT2D eigenvalue weighted by Crippen LogP contribution is -2.36. The van der Waals surface area contributed by atoms with E-state index in [9.17, 15) is 8.42 Å². The molecule has 0 radical (unpaired) electrons. The Morgan fingerprint density at radius 2 is 1.83 bits per heavy atom. The van der Waals surface area contributed by atoms with Gasteiger partial charge in [0, 0.05) is 12.1 Å². The Morgan fingerprint density at radius 3 is 2.28 bits per heavy atom. The van der Waals surface area contributed by atoms with Gasteiger partial charge in [-0.05, 0) is 44.5 Å². The molecule has 0 bridgehead atoms. The smallest absolute Gasteiger partial charge is 0.240 e. The van der Waals surface area contributed by atoms with Crippen molar-refractivity contribution in [2.24, 2.45) is 5.73 Å². The second-order valence-electron chi connectivity index (χ2n) is 4.41. The molecule has 0 aliphatic carbocycles. The van der Waals surface area contributed by atoms with Crippen LogP contribution >= 0.6 is 0 Å². The van der Waals surface area contributed by atoms with E-state index in [2.05, 4.69) is 4.72 Å². The molecule has 0 amide bonds. The van der Waals surface area contributed by atoms with Gasteiger partial charge in [-0.15, -0.1) is 0 Å². The molecule has 2 atom stereocenters. The molecule has 3 N–H and O–H groups in total. The van der Waals surface area contributed by atoms with Crippen LogP contribution in [0.3, 0.4) is 0 Å². The number of hydrogen-bond acceptors (Lipinski definition) is 4. The van der Waals surface area contributed by atoms with Gasteiger partial charge in [-0.25, -0.2) is 13.1 Å². The van der Waals surface area contributed by atoms with E-state index in [1.165, 1.54) is 19.2 Å². The molecule has 0 aliphatic heterocycles. The third-order valence-electron chi connectivity index (χ3n) is 2.45. The molecule has 1 aromatic rings. The molecular formula is C12H20N2O3S. The van der Waals surface area contributed by atoms with Crippen molar-refractivity contribution in [3.05, 3.63) is 24.3 Å². The molecular weight excluding hydrogens is 252 g/mol. The maximum atomic E-state index is 12.0. The molecule has 0 aromatic heterocycles. The van der Waals surface area contributed by atoms with Crippen molar-refractivity contribution in [1.82, 2.24) is 4.72 Å². The van der Waals surface area contributed by atoms with E-state index < -0.39 is 10.0 Å². The number of benzene rings is 1. The highest BCUT2D eigenvalue weighted by Gasteiger charge is 2.17. The van der Waals surface area contributed by atoms with Crippen LogP contribution in [0.25, 0.3) is 0 Å². The first-order valence-electron chi connectivity index (χ1n) is 5.77. The standard InChI is InChI=1S/C12H20N2O3S/c1-9(13)8-10(2)14-18(15,16)12-6-4-11(17-3)5-7-12/h4-7,9-10,14H,8,13H2,1-3H3. The number of rotatable bonds is 6. The Labute approximate surface area is 108 Å². The SMILES string of the molecule is COc1ccc(S(=O)(=O)NC(C)CC(C)N)cc1. The quantitative estimate of drug-likeness (QED) is 0.812. The van der Waals surface area contributed by atoms with Gasteiger partial charge in [0.25, 0.3) is 0 Å². The molecule has 5 nitrogen and oxygen atoms in total. The normalized spacial score (nSPS) is 15.1. The van der Waals surface area contributed by atoms with Crippen molar-refractivity contribution in [2.45, 2.75) is 37.2 Å². The molecule has 0 saturated heterocycles. The van der Waals surface area contributed by atoms with Gasteiger partial charge < -0.3 is 10.5 Å². The summed E-state index contributed by atoms with van der Waals surface area (Å²) < 4.78 is 31.6. The van der Waals surface area contributed by atoms with Gasteiger partial charge in [0.05, 0.1) is 12.0 Å². The van der Waals surface area contributed by atoms with Crippen LogP contribution in [0.2, 0.25) is 0 Å². The second kappa shape index (κ2) is 6.17. The molecule has 0 heterocycles. The molecule has 0 fully saturated rings. The third kappa shape index (κ3) is 4.29. The van der Waals surface area contributed by atoms with Crippen LogP contribution in [-0.4, -0.2) is 27.6 Å². The predicted octanol–water partition coefficient (Wildman–Crippen LogP) is 1.10. The molecule has 0 aliphatic rings. The first-order valence-corrected chi connectivity index (χ1v) is 7.25. The van der Waals surface area contributed by atoms with Gasteiger partial charge in [-0.2, -0.15) is 0 Å². The van der Waals surface area contributed by atoms with E-state index >= 15 is 0 Å². The summed E-state index contributed by atoms with van der Waals surface area (Å²) in [7, 11) is -1.96. The predicted molar refractivity (Wildman–Crippen MR) is 71.0 cm³/mol. The lowest BCUT2D eigenvalue weighted by atomic mass is 10.1. The first-order chi connectivity index (χ1) is 8.35. The zero-order valence-corrected chi connectivity index (χ0v) is 11.7. The van der Waals surface area contributed by atoms with Crippen LogP contribution in [0.15, 0.2) is 29.2 Å². The third-order valence-corrected chi connectivity index (χ3v) is 4.06. The molecule has 1 aromatic carbocycles. The number of ether oxygens (including phenoxy) is 1. The number of nitrogens with one attached hydrogen (secondary N) is 1. The number of sulfonamides is 1. The van der Waals surface area contributed by atoms with Crippen molar-refractivity contribution < 1.29 is 13.2 Å². The Morgan fingerprint density at radius 1 is 1.28 bits per heavy atom. The Hall–Kier alpha value is -1.11. The molecule has 1 rings (SSSR count). The summed E-state index contributed by atoms with van der Waals surface area (Å²) >= 11 is 0. The van der Waals surface area contributed by atoms with Crippen molar-refractivity contribution in [1.29, 1.82) is 0 Å². The van der Waals surface area contributed by atoms with Gasteiger partial charge >= 0.3 is 0 Å². The number of nitrogens with two attached hydrogens (primary N) is 1. The molecule has 6 heteroatoms. The highest BCUT2D eigenvalue weighted by atomic mass is 32.2. The fourth-order valence-electron chi connectivity index (χ4n) is 1.69. The van der Waals surface area contributed by atoms with Crippen LogP contribution in [0, 0.1) is 0 Å². The van der Waals surface area contributed by atoms with E-state index in [-0.39, 0.29) is 17.0 Å². The average molecular weight is 272 g/mol. The maximum absolute atomic E-state index is 12.0. The van der Waals surface area contributed by atoms with Gasteiger partial charge in [0.1, 0.15) is 5.75 Å². The molecule has 2 unspecified atom stereocenters. The summed E-state index contributed by atoms with van der Waals surface area (Å²) in [4.78, 5) is 0.222. The van der Waals surface area contributed by atoms with Crippen LogP contribution in [0.1, 0.15) is 20.3 Å². The van der Waals surface area contributed by atoms with E-state index in [4.69, 9.17) is 10.5 Å². The van der Waals surface area contributed by atoms with Crippen LogP contribution in [0.5, 0.6) is 5.75 Å². The molecule has 102 valence electrons. The first kappa shape index (κ1) is 14.9. The van der Waals surface area contributed by atoms with Crippen molar-refractivity contribution >= 4 is 10.0 Å². The summed E-state index contributed by atoms with van der Waals surface area (Å²) in [5.74, 6) is 0.623. The lowest BCUT2D eigenvalue weighted by Gasteiger charge is -2.16. The van der Waals surface area contributed by atoms with E-state index in [1.807, 2.05) is 6.92 Å². The zero-order valence-electron chi connectivity index (χ0n) is 10.9. The zero-order chi connectivity index (χ0) is 13.8. The highest BCUT2D eigenvalue weighted by molar-refractivity contribution is 7.89. The molecule has 0 saturated carbocycles. The summed E-state index contributed by atoms with van der Waals surface area (Å²) in [5.41, 5.74) is 5.64. The Kier molecular flexibility index (Phi) is 5.13. The van der Waals surface area contributed by atoms with E-state index in [0.29, 0.717) is 12.2 Å². The van der Waals surface area contributed by atoms with Crippen LogP contribution < -0.4 is 15.2 Å². The highest BCUT2D eigenvalue weighted by Crippen LogP contribution is 2.15. The van der Waals surface area contributed by atoms with Crippen LogP contribution in [-0.2, 0) is 10.0 Å². The Balaban J connectivity index is 2.79. The van der Waals surface area contributed by atoms with Crippen molar-refractivity contribution in [2.75, 3.05) is 7.11 Å². The Bertz CT molecular complexity index is 469. The summed E-state index contributed by atoms with van der Waals surface area (Å²) in [6, 6.07) is 6.02. The van der Waals surface area contributed by atoms with Gasteiger partial charge in [0.2, 0.25) is 10.0 Å². The second-order valence-corrected chi connectivity index (χ2v) is 6.12. The monoisotopic (exact) mass is 272 g/mol. The number of methoxy groups -OCH3 is 1. The maximum Gasteiger partial charge on any atom is 0.240 e. The molecule has 0 spiro atoms. The average Bonchev–Trinajstić information content (AvgIpc) is 2.27. The van der Waals surface area contributed by atoms with Gasteiger partial charge in [0.15, 0.2) is 0 Å². The van der Waals surface area contributed by atoms with Gasteiger partial charge in [-0.1, -0.05) is 0 Å². The van der Waals surface area contributed by atoms with Crippen molar-refractivity contribution in [3.8, 4) is 5.75 Å². The minimum atomic E-state index is -3.49. The van der Waals surface area contributed by atoms with Crippen molar-refractivity contribution in [3.63, 3.8) is 0 Å². The number of hydrogen-bond donors (Lipinski definition) is 2. The summed E-state index contributed by atoms with van der Waals surface area (Å²) in [6.45, 7) is 3.64. The summed E-state index contributed by atoms with van der Waals surface area (Å²) in [5, 5.41) is 0.